The third kappa shape index (κ3) is 14.4. The van der Waals surface area contributed by atoms with Crippen LogP contribution in [0.3, 0.4) is 0 Å². The molecule has 0 N–H and O–H groups in total. The molecule has 0 saturated heterocycles. The normalized spacial score (nSPS) is 15.2. The highest BCUT2D eigenvalue weighted by Crippen LogP contribution is 2.34. The van der Waals surface area contributed by atoms with E-state index in [1.807, 2.05) is 18.6 Å². The first-order valence-corrected chi connectivity index (χ1v) is 19.1. The summed E-state index contributed by atoms with van der Waals surface area (Å²) in [6.07, 6.45) is 33.7. The lowest BCUT2D eigenvalue weighted by atomic mass is 9.93. The molecule has 1 aliphatic rings. The lowest BCUT2D eigenvalue weighted by Crippen LogP contribution is -2.18. The van der Waals surface area contributed by atoms with E-state index in [0.717, 1.165) is 41.3 Å². The SMILES string of the molecule is CCCCCC(C)CCCC(C)CCC[SiH2]c1cccnc1-c1cnc(CCCCCCCCCC2CC2)cn1. The van der Waals surface area contributed by atoms with Gasteiger partial charge in [0.15, 0.2) is 0 Å². The van der Waals surface area contributed by atoms with E-state index in [9.17, 15) is 0 Å². The van der Waals surface area contributed by atoms with Crippen LogP contribution in [0.25, 0.3) is 11.4 Å². The van der Waals surface area contributed by atoms with Crippen molar-refractivity contribution in [3.8, 4) is 11.4 Å². The second kappa shape index (κ2) is 20.3. The fourth-order valence-electron chi connectivity index (χ4n) is 6.16. The highest BCUT2D eigenvalue weighted by atomic mass is 28.2. The fraction of sp³-hybridized carbons (Fsp3) is 0.750. The van der Waals surface area contributed by atoms with E-state index < -0.39 is 0 Å². The van der Waals surface area contributed by atoms with Crippen molar-refractivity contribution < 1.29 is 0 Å². The van der Waals surface area contributed by atoms with Crippen LogP contribution >= 0.6 is 0 Å². The lowest BCUT2D eigenvalue weighted by Gasteiger charge is -2.14. The Labute approximate surface area is 250 Å². The van der Waals surface area contributed by atoms with Crippen LogP contribution in [0.4, 0.5) is 0 Å². The van der Waals surface area contributed by atoms with Gasteiger partial charge in [0.1, 0.15) is 5.69 Å². The van der Waals surface area contributed by atoms with Crippen molar-refractivity contribution in [2.45, 2.75) is 155 Å². The molecule has 1 aliphatic carbocycles. The highest BCUT2D eigenvalue weighted by molar-refractivity contribution is 6.55. The Morgan fingerprint density at radius 1 is 0.750 bits per heavy atom. The zero-order chi connectivity index (χ0) is 28.3. The summed E-state index contributed by atoms with van der Waals surface area (Å²) in [6, 6.07) is 5.76. The number of nitrogens with zero attached hydrogens (tertiary/aromatic N) is 3. The molecule has 2 atom stereocenters. The molecule has 0 aliphatic heterocycles. The Kier molecular flexibility index (Phi) is 16.8. The number of aromatic nitrogens is 3. The van der Waals surface area contributed by atoms with Crippen LogP contribution in [0.5, 0.6) is 0 Å². The van der Waals surface area contributed by atoms with E-state index >= 15 is 0 Å². The van der Waals surface area contributed by atoms with Gasteiger partial charge in [-0.05, 0) is 41.8 Å². The summed E-state index contributed by atoms with van der Waals surface area (Å²) < 4.78 is 0. The maximum Gasteiger partial charge on any atom is 0.107 e. The summed E-state index contributed by atoms with van der Waals surface area (Å²) in [6.45, 7) is 7.22. The minimum absolute atomic E-state index is 0.340. The molecule has 0 amide bonds. The van der Waals surface area contributed by atoms with Crippen LogP contribution in [-0.2, 0) is 6.42 Å². The molecule has 2 aromatic rings. The predicted molar refractivity (Wildman–Crippen MR) is 177 cm³/mol. The maximum absolute atomic E-state index is 4.80. The Morgan fingerprint density at radius 2 is 1.45 bits per heavy atom. The lowest BCUT2D eigenvalue weighted by molar-refractivity contribution is 0.400. The maximum atomic E-state index is 4.80. The van der Waals surface area contributed by atoms with E-state index in [0.29, 0.717) is 0 Å². The molecule has 2 aromatic heterocycles. The zero-order valence-corrected chi connectivity index (χ0v) is 27.9. The molecule has 0 bridgehead atoms. The van der Waals surface area contributed by atoms with Crippen molar-refractivity contribution in [3.05, 3.63) is 36.4 Å². The van der Waals surface area contributed by atoms with Crippen molar-refractivity contribution in [1.29, 1.82) is 0 Å². The van der Waals surface area contributed by atoms with Gasteiger partial charge >= 0.3 is 0 Å². The van der Waals surface area contributed by atoms with Gasteiger partial charge < -0.3 is 0 Å². The quantitative estimate of drug-likeness (QED) is 0.0942. The molecular weight excluding hydrogens is 503 g/mol. The number of unbranched alkanes of at least 4 members (excludes halogenated alkanes) is 8. The molecule has 2 unspecified atom stereocenters. The average Bonchev–Trinajstić information content (AvgIpc) is 3.80. The Balaban J connectivity index is 1.28. The van der Waals surface area contributed by atoms with E-state index in [1.54, 1.807) is 0 Å². The molecule has 0 radical (unpaired) electrons. The minimum atomic E-state index is -0.340. The summed E-state index contributed by atoms with van der Waals surface area (Å²) in [7, 11) is -0.340. The molecule has 1 fully saturated rings. The molecule has 2 heterocycles. The molecule has 224 valence electrons. The zero-order valence-electron chi connectivity index (χ0n) is 26.5. The largest absolute Gasteiger partial charge is 0.257 e. The monoisotopic (exact) mass is 563 g/mol. The minimum Gasteiger partial charge on any atom is -0.257 e. The Bertz CT molecular complexity index is 895. The third-order valence-corrected chi connectivity index (χ3v) is 11.1. The Hall–Kier alpha value is -1.55. The molecule has 4 heteroatoms. The number of aryl methyl sites for hydroxylation is 1. The Morgan fingerprint density at radius 3 is 2.15 bits per heavy atom. The van der Waals surface area contributed by atoms with E-state index in [2.05, 4.69) is 32.9 Å². The van der Waals surface area contributed by atoms with Gasteiger partial charge in [-0.2, -0.15) is 0 Å². The summed E-state index contributed by atoms with van der Waals surface area (Å²) in [5.41, 5.74) is 3.17. The van der Waals surface area contributed by atoms with Crippen molar-refractivity contribution in [2.24, 2.45) is 17.8 Å². The van der Waals surface area contributed by atoms with Crippen molar-refractivity contribution in [1.82, 2.24) is 15.0 Å². The van der Waals surface area contributed by atoms with E-state index in [4.69, 9.17) is 15.0 Å². The van der Waals surface area contributed by atoms with Crippen molar-refractivity contribution >= 4 is 14.7 Å². The molecule has 0 aromatic carbocycles. The van der Waals surface area contributed by atoms with Gasteiger partial charge in [-0.1, -0.05) is 148 Å². The van der Waals surface area contributed by atoms with Gasteiger partial charge in [0.05, 0.1) is 27.1 Å². The van der Waals surface area contributed by atoms with Gasteiger partial charge in [-0.25, -0.2) is 0 Å². The first kappa shape index (κ1) is 33.0. The number of hydrogen-bond acceptors (Lipinski definition) is 3. The second-order valence-corrected chi connectivity index (χ2v) is 15.2. The third-order valence-electron chi connectivity index (χ3n) is 9.17. The molecule has 3 nitrogen and oxygen atoms in total. The van der Waals surface area contributed by atoms with Crippen LogP contribution in [0.2, 0.25) is 6.04 Å². The summed E-state index contributed by atoms with van der Waals surface area (Å²) >= 11 is 0. The number of rotatable bonds is 24. The van der Waals surface area contributed by atoms with Crippen LogP contribution in [-0.4, -0.2) is 24.5 Å². The van der Waals surface area contributed by atoms with E-state index in [1.165, 1.54) is 133 Å². The second-order valence-electron chi connectivity index (χ2n) is 13.2. The van der Waals surface area contributed by atoms with Gasteiger partial charge in [-0.15, -0.1) is 0 Å². The van der Waals surface area contributed by atoms with Gasteiger partial charge in [0.2, 0.25) is 0 Å². The number of hydrogen-bond donors (Lipinski definition) is 0. The molecule has 40 heavy (non-hydrogen) atoms. The topological polar surface area (TPSA) is 38.7 Å². The summed E-state index contributed by atoms with van der Waals surface area (Å²) in [5.74, 6) is 2.87. The smallest absolute Gasteiger partial charge is 0.107 e. The highest BCUT2D eigenvalue weighted by Gasteiger charge is 2.19. The average molecular weight is 564 g/mol. The van der Waals surface area contributed by atoms with Crippen LogP contribution in [0.15, 0.2) is 30.7 Å². The van der Waals surface area contributed by atoms with Gasteiger partial charge in [-0.3, -0.25) is 15.0 Å². The van der Waals surface area contributed by atoms with E-state index in [-0.39, 0.29) is 9.52 Å². The number of pyridine rings is 1. The predicted octanol–water partition coefficient (Wildman–Crippen LogP) is 9.63. The summed E-state index contributed by atoms with van der Waals surface area (Å²) in [5, 5.41) is 1.45. The van der Waals surface area contributed by atoms with Crippen LogP contribution in [0, 0.1) is 17.8 Å². The van der Waals surface area contributed by atoms with Crippen LogP contribution < -0.4 is 5.19 Å². The molecular formula is C36H61N3Si. The van der Waals surface area contributed by atoms with Gasteiger partial charge in [0, 0.05) is 12.4 Å². The molecule has 1 saturated carbocycles. The molecule has 3 rings (SSSR count). The van der Waals surface area contributed by atoms with Crippen molar-refractivity contribution in [2.75, 3.05) is 0 Å². The van der Waals surface area contributed by atoms with Gasteiger partial charge in [0.25, 0.3) is 0 Å². The first-order chi connectivity index (χ1) is 19.7. The van der Waals surface area contributed by atoms with Crippen molar-refractivity contribution in [3.63, 3.8) is 0 Å². The van der Waals surface area contributed by atoms with Crippen LogP contribution in [0.1, 0.15) is 148 Å². The standard InChI is InChI=1S/C36H61N3Si/c1-4-5-11-17-30(2)18-14-19-31(3)20-16-27-40-35-23-15-26-37-36(35)34-29-38-33(28-39-34)22-13-10-8-6-7-9-12-21-32-24-25-32/h15,23,26,28-32H,4-14,16-22,24-25,27,40H2,1-3H3. The summed E-state index contributed by atoms with van der Waals surface area (Å²) in [4.78, 5) is 14.3. The first-order valence-electron chi connectivity index (χ1n) is 17.4. The molecule has 0 spiro atoms. The fourth-order valence-corrected chi connectivity index (χ4v) is 7.89.